The summed E-state index contributed by atoms with van der Waals surface area (Å²) in [5, 5.41) is 2.52. The number of nitrogens with zero attached hydrogens (tertiary/aromatic N) is 1. The molecule has 1 fully saturated rings. The first kappa shape index (κ1) is 25.1. The second-order valence-corrected chi connectivity index (χ2v) is 8.99. The first-order chi connectivity index (χ1) is 14.2. The maximum atomic E-state index is 13.4. The van der Waals surface area contributed by atoms with Crippen LogP contribution in [0.1, 0.15) is 56.5 Å². The third-order valence-electron chi connectivity index (χ3n) is 5.08. The van der Waals surface area contributed by atoms with Crippen LogP contribution in [0.15, 0.2) is 12.1 Å². The van der Waals surface area contributed by atoms with Crippen molar-refractivity contribution < 1.29 is 32.2 Å². The Morgan fingerprint density at radius 3 is 2.26 bits per heavy atom. The van der Waals surface area contributed by atoms with E-state index in [-0.39, 0.29) is 29.3 Å². The number of rotatable bonds is 4. The normalized spacial score (nSPS) is 16.6. The Kier molecular flexibility index (Phi) is 7.73. The van der Waals surface area contributed by atoms with Gasteiger partial charge in [0, 0.05) is 19.1 Å². The molecule has 1 amide bonds. The number of alkyl halides is 3. The molecule has 1 saturated heterocycles. The monoisotopic (exact) mass is 464 g/mol. The molecule has 1 unspecified atom stereocenters. The average Bonchev–Trinajstić information content (AvgIpc) is 2.66. The molecule has 1 atom stereocenters. The van der Waals surface area contributed by atoms with E-state index in [0.29, 0.717) is 32.0 Å². The Hall–Kier alpha value is -2.16. The zero-order valence-electron chi connectivity index (χ0n) is 18.2. The van der Waals surface area contributed by atoms with E-state index >= 15 is 0 Å². The molecular formula is C21H28ClF3N2O4. The molecule has 0 aliphatic carbocycles. The predicted molar refractivity (Wildman–Crippen MR) is 111 cm³/mol. The highest BCUT2D eigenvalue weighted by molar-refractivity contribution is 6.34. The molecule has 0 radical (unpaired) electrons. The molecule has 31 heavy (non-hydrogen) atoms. The summed E-state index contributed by atoms with van der Waals surface area (Å²) >= 11 is 6.02. The van der Waals surface area contributed by atoms with E-state index in [4.69, 9.17) is 16.3 Å². The first-order valence-corrected chi connectivity index (χ1v) is 10.3. The van der Waals surface area contributed by atoms with Crippen molar-refractivity contribution in [2.24, 2.45) is 5.92 Å². The van der Waals surface area contributed by atoms with Gasteiger partial charge in [-0.2, -0.15) is 13.2 Å². The molecule has 1 aliphatic rings. The standard InChI is InChI=1S/C21H28ClF3N2O4/c1-12(13-6-8-27(9-7-13)19(29)31-20(2,3)4)26-16-11-14(18(28)30-5)10-15(17(16)22)21(23,24)25/h10-13,26H,6-9H2,1-5H3. The second-order valence-electron chi connectivity index (χ2n) is 8.61. The van der Waals surface area contributed by atoms with Crippen LogP contribution in [0.3, 0.4) is 0 Å². The van der Waals surface area contributed by atoms with Crippen molar-refractivity contribution in [1.29, 1.82) is 0 Å². The van der Waals surface area contributed by atoms with Crippen molar-refractivity contribution in [1.82, 2.24) is 4.90 Å². The number of amides is 1. The number of esters is 1. The van der Waals surface area contributed by atoms with Gasteiger partial charge in [0.25, 0.3) is 0 Å². The molecule has 1 N–H and O–H groups in total. The third-order valence-corrected chi connectivity index (χ3v) is 5.49. The van der Waals surface area contributed by atoms with Crippen LogP contribution in [0.5, 0.6) is 0 Å². The lowest BCUT2D eigenvalue weighted by molar-refractivity contribution is -0.137. The number of halogens is 4. The van der Waals surface area contributed by atoms with E-state index in [1.807, 2.05) is 6.92 Å². The van der Waals surface area contributed by atoms with Gasteiger partial charge in [-0.15, -0.1) is 0 Å². The van der Waals surface area contributed by atoms with E-state index in [0.717, 1.165) is 7.11 Å². The van der Waals surface area contributed by atoms with Gasteiger partial charge in [-0.1, -0.05) is 11.6 Å². The summed E-state index contributed by atoms with van der Waals surface area (Å²) < 4.78 is 50.1. The molecule has 0 aromatic heterocycles. The topological polar surface area (TPSA) is 67.9 Å². The van der Waals surface area contributed by atoms with Crippen molar-refractivity contribution in [3.8, 4) is 0 Å². The summed E-state index contributed by atoms with van der Waals surface area (Å²) in [6.07, 6.45) is -3.81. The molecule has 1 heterocycles. The van der Waals surface area contributed by atoms with E-state index in [1.165, 1.54) is 6.07 Å². The number of likely N-dealkylation sites (tertiary alicyclic amines) is 1. The summed E-state index contributed by atoms with van der Waals surface area (Å²) in [6.45, 7) is 8.19. The third kappa shape index (κ3) is 6.66. The van der Waals surface area contributed by atoms with Gasteiger partial charge in [0.15, 0.2) is 0 Å². The van der Waals surface area contributed by atoms with Crippen LogP contribution < -0.4 is 5.32 Å². The van der Waals surface area contributed by atoms with Gasteiger partial charge in [0.1, 0.15) is 5.60 Å². The highest BCUT2D eigenvalue weighted by Crippen LogP contribution is 2.40. The van der Waals surface area contributed by atoms with E-state index < -0.39 is 28.3 Å². The van der Waals surface area contributed by atoms with Crippen molar-refractivity contribution in [2.45, 2.75) is 58.4 Å². The zero-order chi connectivity index (χ0) is 23.6. The summed E-state index contributed by atoms with van der Waals surface area (Å²) in [7, 11) is 1.10. The summed E-state index contributed by atoms with van der Waals surface area (Å²) in [5.41, 5.74) is -1.92. The van der Waals surface area contributed by atoms with Crippen molar-refractivity contribution in [2.75, 3.05) is 25.5 Å². The summed E-state index contributed by atoms with van der Waals surface area (Å²) in [6, 6.07) is 1.70. The molecule has 1 aliphatic heterocycles. The van der Waals surface area contributed by atoms with Crippen LogP contribution >= 0.6 is 11.6 Å². The summed E-state index contributed by atoms with van der Waals surface area (Å²) in [5.74, 6) is -0.797. The Bertz CT molecular complexity index is 816. The van der Waals surface area contributed by atoms with Gasteiger partial charge in [0.05, 0.1) is 28.9 Å². The maximum absolute atomic E-state index is 13.4. The zero-order valence-corrected chi connectivity index (χ0v) is 19.0. The van der Waals surface area contributed by atoms with Gasteiger partial charge in [0.2, 0.25) is 0 Å². The largest absolute Gasteiger partial charge is 0.465 e. The molecule has 174 valence electrons. The smallest absolute Gasteiger partial charge is 0.417 e. The van der Waals surface area contributed by atoms with Gasteiger partial charge in [-0.05, 0) is 58.6 Å². The number of piperidine rings is 1. The Morgan fingerprint density at radius 1 is 1.19 bits per heavy atom. The Morgan fingerprint density at radius 2 is 1.77 bits per heavy atom. The lowest BCUT2D eigenvalue weighted by atomic mass is 9.90. The molecule has 0 bridgehead atoms. The molecule has 1 aromatic rings. The number of carbonyl (C=O) groups is 2. The minimum atomic E-state index is -4.72. The predicted octanol–water partition coefficient (Wildman–Crippen LogP) is 5.59. The van der Waals surface area contributed by atoms with Crippen LogP contribution in [-0.4, -0.2) is 48.8 Å². The first-order valence-electron chi connectivity index (χ1n) is 9.96. The molecule has 6 nitrogen and oxygen atoms in total. The number of benzene rings is 1. The number of nitrogens with one attached hydrogen (secondary N) is 1. The molecule has 1 aromatic carbocycles. The van der Waals surface area contributed by atoms with E-state index in [2.05, 4.69) is 10.1 Å². The molecule has 0 spiro atoms. The fraction of sp³-hybridized carbons (Fsp3) is 0.619. The highest BCUT2D eigenvalue weighted by atomic mass is 35.5. The average molecular weight is 465 g/mol. The number of hydrogen-bond acceptors (Lipinski definition) is 5. The molecular weight excluding hydrogens is 437 g/mol. The number of carbonyl (C=O) groups excluding carboxylic acids is 2. The number of anilines is 1. The van der Waals surface area contributed by atoms with Gasteiger partial charge in [-0.25, -0.2) is 9.59 Å². The number of methoxy groups -OCH3 is 1. The molecule has 10 heteroatoms. The van der Waals surface area contributed by atoms with Crippen LogP contribution in [0.25, 0.3) is 0 Å². The quantitative estimate of drug-likeness (QED) is 0.588. The van der Waals surface area contributed by atoms with Gasteiger partial charge >= 0.3 is 18.2 Å². The molecule has 0 saturated carbocycles. The number of ether oxygens (including phenoxy) is 2. The fourth-order valence-electron chi connectivity index (χ4n) is 3.44. The molecule has 2 rings (SSSR count). The second kappa shape index (κ2) is 9.54. The van der Waals surface area contributed by atoms with Crippen LogP contribution in [0, 0.1) is 5.92 Å². The highest BCUT2D eigenvalue weighted by Gasteiger charge is 2.36. The maximum Gasteiger partial charge on any atom is 0.417 e. The lowest BCUT2D eigenvalue weighted by Gasteiger charge is -2.36. The lowest BCUT2D eigenvalue weighted by Crippen LogP contribution is -2.44. The fourth-order valence-corrected chi connectivity index (χ4v) is 3.71. The number of hydrogen-bond donors (Lipinski definition) is 1. The van der Waals surface area contributed by atoms with Crippen LogP contribution in [0.4, 0.5) is 23.7 Å². The van der Waals surface area contributed by atoms with Crippen molar-refractivity contribution in [3.05, 3.63) is 28.3 Å². The van der Waals surface area contributed by atoms with Crippen molar-refractivity contribution in [3.63, 3.8) is 0 Å². The summed E-state index contributed by atoms with van der Waals surface area (Å²) in [4.78, 5) is 25.7. The van der Waals surface area contributed by atoms with Gasteiger partial charge < -0.3 is 19.7 Å². The van der Waals surface area contributed by atoms with E-state index in [1.54, 1.807) is 25.7 Å². The van der Waals surface area contributed by atoms with Crippen LogP contribution in [0.2, 0.25) is 5.02 Å². The van der Waals surface area contributed by atoms with Crippen LogP contribution in [-0.2, 0) is 15.7 Å². The van der Waals surface area contributed by atoms with E-state index in [9.17, 15) is 22.8 Å². The van der Waals surface area contributed by atoms with Gasteiger partial charge in [-0.3, -0.25) is 0 Å². The Balaban J connectivity index is 2.13. The van der Waals surface area contributed by atoms with Crippen molar-refractivity contribution >= 4 is 29.4 Å². The SMILES string of the molecule is COC(=O)c1cc(NC(C)C2CCN(C(=O)OC(C)(C)C)CC2)c(Cl)c(C(F)(F)F)c1. The minimum absolute atomic E-state index is 0.0129. The Labute approximate surface area is 185 Å². The minimum Gasteiger partial charge on any atom is -0.465 e.